The lowest BCUT2D eigenvalue weighted by Gasteiger charge is -2.06. The number of hydrogen-bond donors (Lipinski definition) is 0. The number of fused-ring (bicyclic) bond motifs is 1. The molecule has 0 aliphatic carbocycles. The Hall–Kier alpha value is -1.35. The molecule has 2 rings (SSSR count). The van der Waals surface area contributed by atoms with E-state index < -0.39 is 0 Å². The minimum Gasteiger partial charge on any atom is -0.383 e. The lowest BCUT2D eigenvalue weighted by Crippen LogP contribution is -2.05. The Labute approximate surface area is 96.0 Å². The van der Waals surface area contributed by atoms with Crippen molar-refractivity contribution < 1.29 is 4.74 Å². The van der Waals surface area contributed by atoms with Gasteiger partial charge in [0.2, 0.25) is 0 Å². The van der Waals surface area contributed by atoms with Crippen molar-refractivity contribution in [2.45, 2.75) is 26.3 Å². The van der Waals surface area contributed by atoms with Gasteiger partial charge in [-0.3, -0.25) is 4.68 Å². The second-order valence-electron chi connectivity index (χ2n) is 4.33. The van der Waals surface area contributed by atoms with Crippen LogP contribution in [0.25, 0.3) is 10.9 Å². The second kappa shape index (κ2) is 4.66. The zero-order valence-electron chi connectivity index (χ0n) is 10.1. The molecule has 0 aliphatic heterocycles. The van der Waals surface area contributed by atoms with E-state index in [1.807, 2.05) is 10.9 Å². The van der Waals surface area contributed by atoms with Gasteiger partial charge in [-0.1, -0.05) is 19.9 Å². The molecule has 0 saturated heterocycles. The maximum atomic E-state index is 5.07. The minimum atomic E-state index is 0.562. The first-order chi connectivity index (χ1) is 7.72. The predicted molar refractivity (Wildman–Crippen MR) is 65.7 cm³/mol. The topological polar surface area (TPSA) is 27.1 Å². The van der Waals surface area contributed by atoms with Crippen LogP contribution in [0.4, 0.5) is 0 Å². The van der Waals surface area contributed by atoms with Crippen LogP contribution in [0.5, 0.6) is 0 Å². The normalized spacial score (nSPS) is 11.5. The molecule has 2 aromatic rings. The highest BCUT2D eigenvalue weighted by molar-refractivity contribution is 5.79. The van der Waals surface area contributed by atoms with Crippen molar-refractivity contribution >= 4 is 10.9 Å². The standard InChI is InChI=1S/C13H18N2O/c1-10(2)11-4-5-13-12(8-11)9-14-15(13)6-7-16-3/h4-5,8-10H,6-7H2,1-3H3. The molecule has 0 atom stereocenters. The van der Waals surface area contributed by atoms with Gasteiger partial charge in [0.15, 0.2) is 0 Å². The molecule has 1 aromatic heterocycles. The van der Waals surface area contributed by atoms with Crippen molar-refractivity contribution in [1.82, 2.24) is 9.78 Å². The number of aromatic nitrogens is 2. The molecule has 0 spiro atoms. The molecule has 0 bridgehead atoms. The summed E-state index contributed by atoms with van der Waals surface area (Å²) in [7, 11) is 1.71. The van der Waals surface area contributed by atoms with Crippen molar-refractivity contribution in [3.8, 4) is 0 Å². The van der Waals surface area contributed by atoms with Gasteiger partial charge in [-0.15, -0.1) is 0 Å². The van der Waals surface area contributed by atoms with Crippen LogP contribution < -0.4 is 0 Å². The Kier molecular flexibility index (Phi) is 3.25. The second-order valence-corrected chi connectivity index (χ2v) is 4.33. The smallest absolute Gasteiger partial charge is 0.0683 e. The van der Waals surface area contributed by atoms with E-state index in [1.54, 1.807) is 7.11 Å². The SMILES string of the molecule is COCCn1ncc2cc(C(C)C)ccc21. The highest BCUT2D eigenvalue weighted by atomic mass is 16.5. The van der Waals surface area contributed by atoms with Gasteiger partial charge in [0, 0.05) is 12.5 Å². The summed E-state index contributed by atoms with van der Waals surface area (Å²) >= 11 is 0. The van der Waals surface area contributed by atoms with Crippen LogP contribution in [-0.4, -0.2) is 23.5 Å². The number of benzene rings is 1. The fourth-order valence-corrected chi connectivity index (χ4v) is 1.82. The summed E-state index contributed by atoms with van der Waals surface area (Å²) in [6.45, 7) is 5.91. The van der Waals surface area contributed by atoms with E-state index in [4.69, 9.17) is 4.74 Å². The van der Waals surface area contributed by atoms with E-state index in [0.717, 1.165) is 6.54 Å². The van der Waals surface area contributed by atoms with Gasteiger partial charge in [-0.05, 0) is 23.6 Å². The summed E-state index contributed by atoms with van der Waals surface area (Å²) in [5.74, 6) is 0.562. The van der Waals surface area contributed by atoms with E-state index in [1.165, 1.54) is 16.5 Å². The highest BCUT2D eigenvalue weighted by Gasteiger charge is 2.05. The number of nitrogens with zero attached hydrogens (tertiary/aromatic N) is 2. The number of rotatable bonds is 4. The van der Waals surface area contributed by atoms with Crippen LogP contribution in [0, 0.1) is 0 Å². The zero-order chi connectivity index (χ0) is 11.5. The first-order valence-electron chi connectivity index (χ1n) is 5.67. The van der Waals surface area contributed by atoms with Gasteiger partial charge in [0.25, 0.3) is 0 Å². The lowest BCUT2D eigenvalue weighted by atomic mass is 10.0. The Morgan fingerprint density at radius 1 is 1.38 bits per heavy atom. The Balaban J connectivity index is 2.35. The molecule has 0 saturated carbocycles. The number of ether oxygens (including phenoxy) is 1. The summed E-state index contributed by atoms with van der Waals surface area (Å²) in [6, 6.07) is 6.54. The van der Waals surface area contributed by atoms with Gasteiger partial charge in [0.1, 0.15) is 0 Å². The third-order valence-corrected chi connectivity index (χ3v) is 2.84. The minimum absolute atomic E-state index is 0.562. The van der Waals surface area contributed by atoms with Crippen LogP contribution in [0.2, 0.25) is 0 Å². The van der Waals surface area contributed by atoms with Crippen molar-refractivity contribution in [2.24, 2.45) is 0 Å². The van der Waals surface area contributed by atoms with Gasteiger partial charge in [-0.2, -0.15) is 5.10 Å². The van der Waals surface area contributed by atoms with E-state index in [-0.39, 0.29) is 0 Å². The average Bonchev–Trinajstić information content (AvgIpc) is 2.68. The molecule has 86 valence electrons. The highest BCUT2D eigenvalue weighted by Crippen LogP contribution is 2.21. The third kappa shape index (κ3) is 2.09. The summed E-state index contributed by atoms with van der Waals surface area (Å²) in [4.78, 5) is 0. The van der Waals surface area contributed by atoms with Crippen LogP contribution in [0.3, 0.4) is 0 Å². The van der Waals surface area contributed by atoms with Gasteiger partial charge in [0.05, 0.1) is 24.9 Å². The lowest BCUT2D eigenvalue weighted by molar-refractivity contribution is 0.185. The predicted octanol–water partition coefficient (Wildman–Crippen LogP) is 2.81. The summed E-state index contributed by atoms with van der Waals surface area (Å²) in [5.41, 5.74) is 2.54. The van der Waals surface area contributed by atoms with Crippen molar-refractivity contribution in [3.05, 3.63) is 30.0 Å². The van der Waals surface area contributed by atoms with Crippen LogP contribution in [-0.2, 0) is 11.3 Å². The van der Waals surface area contributed by atoms with Gasteiger partial charge < -0.3 is 4.74 Å². The quantitative estimate of drug-likeness (QED) is 0.789. The molecule has 3 heteroatoms. The fraction of sp³-hybridized carbons (Fsp3) is 0.462. The monoisotopic (exact) mass is 218 g/mol. The Morgan fingerprint density at radius 3 is 2.88 bits per heavy atom. The van der Waals surface area contributed by atoms with Gasteiger partial charge in [-0.25, -0.2) is 0 Å². The van der Waals surface area contributed by atoms with Crippen LogP contribution in [0.1, 0.15) is 25.3 Å². The first-order valence-corrected chi connectivity index (χ1v) is 5.67. The molecule has 3 nitrogen and oxygen atoms in total. The average molecular weight is 218 g/mol. The Morgan fingerprint density at radius 2 is 2.19 bits per heavy atom. The van der Waals surface area contributed by atoms with Crippen molar-refractivity contribution in [1.29, 1.82) is 0 Å². The van der Waals surface area contributed by atoms with Gasteiger partial charge >= 0.3 is 0 Å². The van der Waals surface area contributed by atoms with E-state index >= 15 is 0 Å². The van der Waals surface area contributed by atoms with E-state index in [2.05, 4.69) is 37.1 Å². The molecule has 0 aliphatic rings. The molecule has 1 heterocycles. The number of methoxy groups -OCH3 is 1. The maximum Gasteiger partial charge on any atom is 0.0683 e. The fourth-order valence-electron chi connectivity index (χ4n) is 1.82. The molecule has 1 aromatic carbocycles. The van der Waals surface area contributed by atoms with E-state index in [9.17, 15) is 0 Å². The molecule has 0 N–H and O–H groups in total. The first kappa shape index (κ1) is 11.1. The largest absolute Gasteiger partial charge is 0.383 e. The molecular formula is C13H18N2O. The Bertz CT molecular complexity index is 474. The third-order valence-electron chi connectivity index (χ3n) is 2.84. The molecular weight excluding hydrogens is 200 g/mol. The summed E-state index contributed by atoms with van der Waals surface area (Å²) in [6.07, 6.45) is 1.93. The zero-order valence-corrected chi connectivity index (χ0v) is 10.1. The summed E-state index contributed by atoms with van der Waals surface area (Å²) in [5, 5.41) is 5.58. The van der Waals surface area contributed by atoms with Crippen LogP contribution in [0.15, 0.2) is 24.4 Å². The summed E-state index contributed by atoms with van der Waals surface area (Å²) < 4.78 is 7.05. The molecule has 0 radical (unpaired) electrons. The number of hydrogen-bond acceptors (Lipinski definition) is 2. The molecule has 0 unspecified atom stereocenters. The molecule has 16 heavy (non-hydrogen) atoms. The maximum absolute atomic E-state index is 5.07. The van der Waals surface area contributed by atoms with Crippen molar-refractivity contribution in [3.63, 3.8) is 0 Å². The van der Waals surface area contributed by atoms with E-state index in [0.29, 0.717) is 12.5 Å². The molecule has 0 amide bonds. The van der Waals surface area contributed by atoms with Crippen molar-refractivity contribution in [2.75, 3.05) is 13.7 Å². The molecule has 0 fully saturated rings. The van der Waals surface area contributed by atoms with Crippen LogP contribution >= 0.6 is 0 Å².